The van der Waals surface area contributed by atoms with E-state index in [2.05, 4.69) is 130 Å². The summed E-state index contributed by atoms with van der Waals surface area (Å²) in [5, 5.41) is 24.5. The van der Waals surface area contributed by atoms with E-state index in [0.29, 0.717) is 22.0 Å². The van der Waals surface area contributed by atoms with E-state index in [1.807, 2.05) is 23.5 Å². The van der Waals surface area contributed by atoms with Crippen molar-refractivity contribution in [2.45, 2.75) is 141 Å². The lowest BCUT2D eigenvalue weighted by Crippen LogP contribution is -2.22. The second kappa shape index (κ2) is 15.8. The fraction of sp³-hybridized carbons (Fsp3) is 0.478. The average molecular weight is 709 g/mol. The summed E-state index contributed by atoms with van der Waals surface area (Å²) in [5.74, 6) is 2.43. The van der Waals surface area contributed by atoms with Crippen molar-refractivity contribution in [2.75, 3.05) is 0 Å². The molecule has 50 heavy (non-hydrogen) atoms. The zero-order chi connectivity index (χ0) is 36.4. The van der Waals surface area contributed by atoms with Crippen LogP contribution in [0.5, 0.6) is 11.5 Å². The van der Waals surface area contributed by atoms with E-state index in [1.165, 1.54) is 71.9 Å². The number of benzene rings is 4. The lowest BCUT2D eigenvalue weighted by Gasteiger charge is -2.30. The maximum atomic E-state index is 11.8. The summed E-state index contributed by atoms with van der Waals surface area (Å²) < 4.78 is 0. The zero-order valence-corrected chi connectivity index (χ0v) is 33.9. The number of hydrogen-bond acceptors (Lipinski definition) is 4. The van der Waals surface area contributed by atoms with Gasteiger partial charge >= 0.3 is 0 Å². The second-order valence-electron chi connectivity index (χ2n) is 17.0. The summed E-state index contributed by atoms with van der Waals surface area (Å²) in [6, 6.07) is 22.1. The summed E-state index contributed by atoms with van der Waals surface area (Å²) in [4.78, 5) is 0. The van der Waals surface area contributed by atoms with Gasteiger partial charge in [-0.25, -0.2) is 0 Å². The summed E-state index contributed by atoms with van der Waals surface area (Å²) >= 11 is 4.06. The molecule has 0 aromatic heterocycles. The smallest absolute Gasteiger partial charge is 0.127 e. The predicted molar refractivity (Wildman–Crippen MR) is 221 cm³/mol. The molecular formula is C46H60O2S2. The minimum atomic E-state index is -0.0288. The lowest BCUT2D eigenvalue weighted by atomic mass is 9.83. The maximum absolute atomic E-state index is 11.8. The van der Waals surface area contributed by atoms with Gasteiger partial charge in [-0.2, -0.15) is 23.5 Å². The van der Waals surface area contributed by atoms with Crippen molar-refractivity contribution in [2.24, 2.45) is 0 Å². The molecule has 4 aromatic carbocycles. The Hall–Kier alpha value is -2.82. The molecule has 0 spiro atoms. The highest BCUT2D eigenvalue weighted by Crippen LogP contribution is 2.44. The first-order chi connectivity index (χ1) is 23.5. The van der Waals surface area contributed by atoms with Gasteiger partial charge in [-0.05, 0) is 85.8 Å². The molecular weight excluding hydrogens is 649 g/mol. The number of rotatable bonds is 8. The topological polar surface area (TPSA) is 40.5 Å². The first kappa shape index (κ1) is 38.4. The van der Waals surface area contributed by atoms with Crippen LogP contribution < -0.4 is 0 Å². The van der Waals surface area contributed by atoms with Crippen LogP contribution in [0.4, 0.5) is 0 Å². The number of phenols is 2. The molecule has 1 aliphatic rings. The van der Waals surface area contributed by atoms with Crippen LogP contribution in [0.3, 0.4) is 0 Å². The van der Waals surface area contributed by atoms with Gasteiger partial charge in [0.2, 0.25) is 0 Å². The highest BCUT2D eigenvalue weighted by molar-refractivity contribution is 8.03. The molecule has 1 fully saturated rings. The van der Waals surface area contributed by atoms with Crippen molar-refractivity contribution in [1.82, 2.24) is 0 Å². The van der Waals surface area contributed by atoms with Crippen LogP contribution in [-0.2, 0) is 22.3 Å². The Morgan fingerprint density at radius 2 is 0.840 bits per heavy atom. The van der Waals surface area contributed by atoms with E-state index in [-0.39, 0.29) is 10.8 Å². The Morgan fingerprint density at radius 3 is 1.16 bits per heavy atom. The molecule has 2 nitrogen and oxygen atoms in total. The van der Waals surface area contributed by atoms with Crippen molar-refractivity contribution < 1.29 is 10.2 Å². The molecule has 1 unspecified atom stereocenters. The minimum Gasteiger partial charge on any atom is -0.507 e. The van der Waals surface area contributed by atoms with Gasteiger partial charge in [-0.3, -0.25) is 0 Å². The Bertz CT molecular complexity index is 1630. The molecule has 2 N–H and O–H groups in total. The quantitative estimate of drug-likeness (QED) is 0.191. The number of thioether (sulfide) groups is 2. The van der Waals surface area contributed by atoms with Crippen molar-refractivity contribution >= 4 is 23.5 Å². The highest BCUT2D eigenvalue weighted by Gasteiger charge is 2.27. The summed E-state index contributed by atoms with van der Waals surface area (Å²) in [6.45, 7) is 22.1. The van der Waals surface area contributed by atoms with E-state index in [4.69, 9.17) is 0 Å². The third-order valence-electron chi connectivity index (χ3n) is 10.2. The SMILES string of the molecule is Cc1cc(C)cc(-c2cc(C(C)(C)C)cc(CSC3CCCCCC[C@@H]3SCc3cc(C(C)(C)C)cc(-c4cc(C)cc(C)c4)c3O)c2O)c1. The van der Waals surface area contributed by atoms with E-state index in [1.54, 1.807) is 0 Å². The van der Waals surface area contributed by atoms with Crippen LogP contribution in [-0.4, -0.2) is 20.7 Å². The Morgan fingerprint density at radius 1 is 0.500 bits per heavy atom. The average Bonchev–Trinajstić information content (AvgIpc) is 2.99. The van der Waals surface area contributed by atoms with Crippen LogP contribution in [0.25, 0.3) is 22.3 Å². The second-order valence-corrected chi connectivity index (χ2v) is 19.5. The molecule has 2 atom stereocenters. The third kappa shape index (κ3) is 9.53. The van der Waals surface area contributed by atoms with Gasteiger partial charge in [0, 0.05) is 44.3 Å². The van der Waals surface area contributed by atoms with Gasteiger partial charge in [0.05, 0.1) is 0 Å². The molecule has 0 radical (unpaired) electrons. The largest absolute Gasteiger partial charge is 0.507 e. The van der Waals surface area contributed by atoms with Crippen LogP contribution in [0, 0.1) is 27.7 Å². The van der Waals surface area contributed by atoms with Crippen molar-refractivity contribution in [3.05, 3.63) is 105 Å². The molecule has 0 heterocycles. The van der Waals surface area contributed by atoms with Crippen LogP contribution in [0.1, 0.15) is 125 Å². The molecule has 0 saturated heterocycles. The van der Waals surface area contributed by atoms with E-state index < -0.39 is 0 Å². The zero-order valence-electron chi connectivity index (χ0n) is 32.3. The number of phenolic OH excluding ortho intramolecular Hbond substituents is 2. The van der Waals surface area contributed by atoms with Crippen LogP contribution >= 0.6 is 23.5 Å². The minimum absolute atomic E-state index is 0.0288. The molecule has 0 amide bonds. The Labute approximate surface area is 311 Å². The summed E-state index contributed by atoms with van der Waals surface area (Å²) in [6.07, 6.45) is 7.46. The van der Waals surface area contributed by atoms with Gasteiger partial charge in [0.15, 0.2) is 0 Å². The van der Waals surface area contributed by atoms with Crippen molar-refractivity contribution in [3.8, 4) is 33.8 Å². The molecule has 268 valence electrons. The summed E-state index contributed by atoms with van der Waals surface area (Å²) in [5.41, 5.74) is 13.5. The molecule has 1 aliphatic carbocycles. The van der Waals surface area contributed by atoms with E-state index in [9.17, 15) is 10.2 Å². The monoisotopic (exact) mass is 708 g/mol. The predicted octanol–water partition coefficient (Wildman–Crippen LogP) is 13.5. The molecule has 5 rings (SSSR count). The molecule has 0 aliphatic heterocycles. The van der Waals surface area contributed by atoms with Crippen LogP contribution in [0.2, 0.25) is 0 Å². The van der Waals surface area contributed by atoms with E-state index in [0.717, 1.165) is 44.9 Å². The molecule has 4 heteroatoms. The fourth-order valence-electron chi connectivity index (χ4n) is 7.37. The number of hydrogen-bond donors (Lipinski definition) is 2. The Balaban J connectivity index is 1.44. The van der Waals surface area contributed by atoms with Crippen molar-refractivity contribution in [1.29, 1.82) is 0 Å². The van der Waals surface area contributed by atoms with E-state index >= 15 is 0 Å². The van der Waals surface area contributed by atoms with Gasteiger partial charge in [0.1, 0.15) is 11.5 Å². The lowest BCUT2D eigenvalue weighted by molar-refractivity contribution is 0.470. The van der Waals surface area contributed by atoms with Gasteiger partial charge in [0.25, 0.3) is 0 Å². The van der Waals surface area contributed by atoms with Gasteiger partial charge < -0.3 is 10.2 Å². The van der Waals surface area contributed by atoms with Gasteiger partial charge in [-0.1, -0.05) is 138 Å². The fourth-order valence-corrected chi connectivity index (χ4v) is 10.4. The molecule has 1 saturated carbocycles. The standard InChI is InChI=1S/C46H60O2S2/c1-29-17-30(2)20-33(19-29)39-25-37(45(5,6)7)23-35(43(39)47)27-49-41-15-13-11-12-14-16-42(41)50-28-36-24-38(46(8,9)10)26-40(44(36)48)34-21-31(3)18-32(4)22-34/h17-26,41-42,47-48H,11-16,27-28H2,1-10H3/t41-,42?/m0/s1. The Kier molecular flexibility index (Phi) is 12.2. The van der Waals surface area contributed by atoms with Gasteiger partial charge in [-0.15, -0.1) is 0 Å². The number of aromatic hydroxyl groups is 2. The normalized spacial score (nSPS) is 17.4. The third-order valence-corrected chi connectivity index (χ3v) is 13.3. The molecule has 0 bridgehead atoms. The van der Waals surface area contributed by atoms with Crippen molar-refractivity contribution in [3.63, 3.8) is 0 Å². The highest BCUT2D eigenvalue weighted by atomic mass is 32.2. The first-order valence-electron chi connectivity index (χ1n) is 18.6. The first-order valence-corrected chi connectivity index (χ1v) is 20.7. The summed E-state index contributed by atoms with van der Waals surface area (Å²) in [7, 11) is 0. The molecule has 4 aromatic rings. The number of aryl methyl sites for hydroxylation is 4. The van der Waals surface area contributed by atoms with Crippen LogP contribution in [0.15, 0.2) is 60.7 Å². The maximum Gasteiger partial charge on any atom is 0.127 e.